The lowest BCUT2D eigenvalue weighted by Gasteiger charge is -2.32. The standard InChI is InChI=1S/C26H26ClN5O2S/c1-17-13-19(4-7-21-3-2-12-35-21)14-28-24(17)30-25(33)23-22(27)15-29-32(23)16-18-8-10-31(11-9-18)26(34)20-5-6-20/h2-3,12-15,18,20H,5-6,8-11,16H2,1H3,(H,28,30,33). The van der Waals surface area contributed by atoms with Gasteiger partial charge in [0.15, 0.2) is 0 Å². The molecule has 0 unspecified atom stereocenters. The number of aryl methyl sites for hydroxylation is 1. The van der Waals surface area contributed by atoms with Crippen LogP contribution in [-0.2, 0) is 11.3 Å². The van der Waals surface area contributed by atoms with E-state index in [0.29, 0.717) is 34.9 Å². The van der Waals surface area contributed by atoms with Crippen LogP contribution in [0.15, 0.2) is 36.0 Å². The molecular formula is C26H26ClN5O2S. The van der Waals surface area contributed by atoms with Gasteiger partial charge >= 0.3 is 0 Å². The molecule has 0 radical (unpaired) electrons. The number of nitrogens with one attached hydrogen (secondary N) is 1. The number of anilines is 1. The first-order valence-corrected chi connectivity index (χ1v) is 13.1. The number of rotatable bonds is 5. The van der Waals surface area contributed by atoms with Gasteiger partial charge in [0.1, 0.15) is 11.5 Å². The lowest BCUT2D eigenvalue weighted by atomic mass is 9.96. The third-order valence-electron chi connectivity index (χ3n) is 6.46. The molecular weight excluding hydrogens is 482 g/mol. The van der Waals surface area contributed by atoms with E-state index in [1.165, 1.54) is 6.20 Å². The molecule has 5 rings (SSSR count). The highest BCUT2D eigenvalue weighted by molar-refractivity contribution is 7.10. The Kier molecular flexibility index (Phi) is 6.89. The Morgan fingerprint density at radius 1 is 1.20 bits per heavy atom. The summed E-state index contributed by atoms with van der Waals surface area (Å²) in [5.74, 6) is 7.23. The van der Waals surface area contributed by atoms with Gasteiger partial charge in [-0.1, -0.05) is 29.5 Å². The van der Waals surface area contributed by atoms with Gasteiger partial charge in [-0.15, -0.1) is 11.3 Å². The molecule has 180 valence electrons. The summed E-state index contributed by atoms with van der Waals surface area (Å²) in [5.41, 5.74) is 1.92. The molecule has 9 heteroatoms. The second-order valence-corrected chi connectivity index (χ2v) is 10.5. The Bertz CT molecular complexity index is 1290. The Hall–Kier alpha value is -3.15. The topological polar surface area (TPSA) is 80.1 Å². The third kappa shape index (κ3) is 5.58. The van der Waals surface area contributed by atoms with E-state index in [9.17, 15) is 9.59 Å². The number of hydrogen-bond acceptors (Lipinski definition) is 5. The molecule has 3 aromatic heterocycles. The SMILES string of the molecule is Cc1cc(C#Cc2cccs2)cnc1NC(=O)c1c(Cl)cnn1CC1CCN(C(=O)C2CC2)CC1. The van der Waals surface area contributed by atoms with E-state index < -0.39 is 0 Å². The van der Waals surface area contributed by atoms with Gasteiger partial charge in [-0.05, 0) is 61.6 Å². The molecule has 1 saturated heterocycles. The lowest BCUT2D eigenvalue weighted by Crippen LogP contribution is -2.40. The highest BCUT2D eigenvalue weighted by Crippen LogP contribution is 2.33. The van der Waals surface area contributed by atoms with Gasteiger partial charge in [-0.3, -0.25) is 14.3 Å². The molecule has 1 N–H and O–H groups in total. The first-order valence-electron chi connectivity index (χ1n) is 11.8. The van der Waals surface area contributed by atoms with Crippen molar-refractivity contribution in [3.8, 4) is 11.8 Å². The van der Waals surface area contributed by atoms with E-state index in [1.54, 1.807) is 22.2 Å². The van der Waals surface area contributed by atoms with Crippen molar-refractivity contribution >= 4 is 40.6 Å². The highest BCUT2D eigenvalue weighted by atomic mass is 35.5. The van der Waals surface area contributed by atoms with Gasteiger partial charge in [0.25, 0.3) is 5.91 Å². The minimum absolute atomic E-state index is 0.256. The molecule has 35 heavy (non-hydrogen) atoms. The van der Waals surface area contributed by atoms with Gasteiger partial charge in [0.05, 0.1) is 16.1 Å². The summed E-state index contributed by atoms with van der Waals surface area (Å²) in [5, 5.41) is 9.52. The predicted molar refractivity (Wildman–Crippen MR) is 136 cm³/mol. The second kappa shape index (κ2) is 10.2. The molecule has 2 aliphatic rings. The molecule has 2 amide bonds. The maximum atomic E-state index is 13.1. The number of likely N-dealkylation sites (tertiary alicyclic amines) is 1. The number of amides is 2. The summed E-state index contributed by atoms with van der Waals surface area (Å²) in [6, 6.07) is 5.83. The maximum Gasteiger partial charge on any atom is 0.276 e. The fourth-order valence-electron chi connectivity index (χ4n) is 4.32. The molecule has 1 aliphatic carbocycles. The minimum Gasteiger partial charge on any atom is -0.342 e. The molecule has 0 bridgehead atoms. The first-order chi connectivity index (χ1) is 17.0. The Labute approximate surface area is 213 Å². The molecule has 0 spiro atoms. The average Bonchev–Trinajstić information content (AvgIpc) is 3.45. The predicted octanol–water partition coefficient (Wildman–Crippen LogP) is 4.60. The quantitative estimate of drug-likeness (QED) is 0.512. The zero-order valence-corrected chi connectivity index (χ0v) is 21.0. The van der Waals surface area contributed by atoms with Crippen LogP contribution in [0, 0.1) is 30.6 Å². The first kappa shape index (κ1) is 23.6. The van der Waals surface area contributed by atoms with Gasteiger partial charge < -0.3 is 10.2 Å². The van der Waals surface area contributed by atoms with Crippen molar-refractivity contribution in [2.24, 2.45) is 11.8 Å². The number of nitrogens with zero attached hydrogens (tertiary/aromatic N) is 4. The molecule has 3 aromatic rings. The van der Waals surface area contributed by atoms with E-state index in [2.05, 4.69) is 27.2 Å². The smallest absolute Gasteiger partial charge is 0.276 e. The number of hydrogen-bond donors (Lipinski definition) is 1. The summed E-state index contributed by atoms with van der Waals surface area (Å²) in [6.45, 7) is 4.00. The number of pyridine rings is 1. The van der Waals surface area contributed by atoms with Crippen LogP contribution in [0.2, 0.25) is 5.02 Å². The number of aromatic nitrogens is 3. The average molecular weight is 508 g/mol. The Balaban J connectivity index is 1.23. The van der Waals surface area contributed by atoms with E-state index in [1.807, 2.05) is 35.4 Å². The fraction of sp³-hybridized carbons (Fsp3) is 0.385. The minimum atomic E-state index is -0.345. The van der Waals surface area contributed by atoms with Crippen LogP contribution < -0.4 is 5.32 Å². The van der Waals surface area contributed by atoms with Crippen molar-refractivity contribution in [2.75, 3.05) is 18.4 Å². The fourth-order valence-corrected chi connectivity index (χ4v) is 5.12. The number of carbonyl (C=O) groups excluding carboxylic acids is 2. The molecule has 7 nitrogen and oxygen atoms in total. The van der Waals surface area contributed by atoms with Gasteiger partial charge in [-0.25, -0.2) is 4.98 Å². The van der Waals surface area contributed by atoms with Gasteiger partial charge in [0.2, 0.25) is 5.91 Å². The van der Waals surface area contributed by atoms with Crippen molar-refractivity contribution in [1.82, 2.24) is 19.7 Å². The monoisotopic (exact) mass is 507 g/mol. The Morgan fingerprint density at radius 2 is 2.00 bits per heavy atom. The summed E-state index contributed by atoms with van der Waals surface area (Å²) < 4.78 is 1.68. The largest absolute Gasteiger partial charge is 0.342 e. The summed E-state index contributed by atoms with van der Waals surface area (Å²) in [7, 11) is 0. The molecule has 2 fully saturated rings. The highest BCUT2D eigenvalue weighted by Gasteiger charge is 2.35. The van der Waals surface area contributed by atoms with Crippen LogP contribution in [0.1, 0.15) is 52.2 Å². The van der Waals surface area contributed by atoms with Crippen molar-refractivity contribution in [3.63, 3.8) is 0 Å². The van der Waals surface area contributed by atoms with Crippen molar-refractivity contribution in [3.05, 3.63) is 62.7 Å². The zero-order chi connectivity index (χ0) is 24.4. The molecule has 1 saturated carbocycles. The maximum absolute atomic E-state index is 13.1. The van der Waals surface area contributed by atoms with Crippen molar-refractivity contribution < 1.29 is 9.59 Å². The zero-order valence-electron chi connectivity index (χ0n) is 19.5. The van der Waals surface area contributed by atoms with Crippen LogP contribution >= 0.6 is 22.9 Å². The normalized spacial score (nSPS) is 16.0. The van der Waals surface area contributed by atoms with Crippen LogP contribution in [0.4, 0.5) is 5.82 Å². The molecule has 4 heterocycles. The third-order valence-corrected chi connectivity index (χ3v) is 7.52. The van der Waals surface area contributed by atoms with Crippen molar-refractivity contribution in [2.45, 2.75) is 39.2 Å². The summed E-state index contributed by atoms with van der Waals surface area (Å²) in [6.07, 6.45) is 7.01. The molecule has 0 aromatic carbocycles. The summed E-state index contributed by atoms with van der Waals surface area (Å²) in [4.78, 5) is 32.8. The van der Waals surface area contributed by atoms with E-state index in [4.69, 9.17) is 11.6 Å². The summed E-state index contributed by atoms with van der Waals surface area (Å²) >= 11 is 7.94. The van der Waals surface area contributed by atoms with Gasteiger partial charge in [-0.2, -0.15) is 5.10 Å². The number of piperidine rings is 1. The van der Waals surface area contributed by atoms with Crippen LogP contribution in [0.25, 0.3) is 0 Å². The van der Waals surface area contributed by atoms with E-state index in [-0.39, 0.29) is 11.8 Å². The molecule has 0 atom stereocenters. The second-order valence-electron chi connectivity index (χ2n) is 9.14. The van der Waals surface area contributed by atoms with Crippen LogP contribution in [-0.4, -0.2) is 44.6 Å². The number of halogens is 1. The van der Waals surface area contributed by atoms with Crippen LogP contribution in [0.3, 0.4) is 0 Å². The number of thiophene rings is 1. The number of carbonyl (C=O) groups is 2. The van der Waals surface area contributed by atoms with Crippen LogP contribution in [0.5, 0.6) is 0 Å². The van der Waals surface area contributed by atoms with Crippen molar-refractivity contribution in [1.29, 1.82) is 0 Å². The van der Waals surface area contributed by atoms with E-state index in [0.717, 1.165) is 54.8 Å². The lowest BCUT2D eigenvalue weighted by molar-refractivity contribution is -0.134. The Morgan fingerprint density at radius 3 is 2.69 bits per heavy atom. The van der Waals surface area contributed by atoms with Gasteiger partial charge in [0, 0.05) is 37.3 Å². The molecule has 1 aliphatic heterocycles. The van der Waals surface area contributed by atoms with E-state index >= 15 is 0 Å².